The average Bonchev–Trinajstić information content (AvgIpc) is 2.44. The van der Waals surface area contributed by atoms with E-state index in [-0.39, 0.29) is 19.4 Å². The summed E-state index contributed by atoms with van der Waals surface area (Å²) < 4.78 is 4.36. The quantitative estimate of drug-likeness (QED) is 0.399. The van der Waals surface area contributed by atoms with Gasteiger partial charge in [0.2, 0.25) is 5.78 Å². The molecule has 6 heteroatoms. The molecule has 0 spiro atoms. The molecule has 6 nitrogen and oxygen atoms in total. The number of pyridine rings is 1. The molecule has 0 amide bonds. The molecule has 100 valence electrons. The van der Waals surface area contributed by atoms with Gasteiger partial charge in [0.15, 0.2) is 0 Å². The fraction of sp³-hybridized carbons (Fsp3) is 0.308. The van der Waals surface area contributed by atoms with Crippen molar-refractivity contribution in [1.82, 2.24) is 4.98 Å². The molecular weight excluding hydrogens is 250 g/mol. The highest BCUT2D eigenvalue weighted by molar-refractivity contribution is 6.77. The summed E-state index contributed by atoms with van der Waals surface area (Å²) in [5.74, 6) is -4.97. The van der Waals surface area contributed by atoms with Crippen molar-refractivity contribution < 1.29 is 23.9 Å². The number of aromatic nitrogens is 1. The highest BCUT2D eigenvalue weighted by Crippen LogP contribution is 2.00. The predicted octanol–water partition coefficient (Wildman–Crippen LogP) is 0.285. The fourth-order valence-electron chi connectivity index (χ4n) is 1.32. The number of aryl methyl sites for hydroxylation is 1. The van der Waals surface area contributed by atoms with E-state index in [0.29, 0.717) is 5.69 Å². The van der Waals surface area contributed by atoms with Gasteiger partial charge in [-0.2, -0.15) is 0 Å². The van der Waals surface area contributed by atoms with Gasteiger partial charge in [-0.15, -0.1) is 0 Å². The van der Waals surface area contributed by atoms with Crippen molar-refractivity contribution in [3.8, 4) is 0 Å². The summed E-state index contributed by atoms with van der Waals surface area (Å²) in [6.07, 6.45) is 1.63. The molecule has 0 aliphatic heterocycles. The van der Waals surface area contributed by atoms with Gasteiger partial charge in [-0.05, 0) is 25.5 Å². The number of Topliss-reactive ketones (excluding diaryl/α,β-unsaturated/α-hetero) is 3. The molecule has 19 heavy (non-hydrogen) atoms. The van der Waals surface area contributed by atoms with Gasteiger partial charge in [-0.25, -0.2) is 4.79 Å². The molecule has 0 bridgehead atoms. The van der Waals surface area contributed by atoms with Crippen molar-refractivity contribution in [2.24, 2.45) is 0 Å². The number of nitrogens with zero attached hydrogens (tertiary/aromatic N) is 1. The summed E-state index contributed by atoms with van der Waals surface area (Å²) in [5.41, 5.74) is 0.632. The van der Waals surface area contributed by atoms with Gasteiger partial charge >= 0.3 is 11.8 Å². The minimum atomic E-state index is -1.42. The summed E-state index contributed by atoms with van der Waals surface area (Å²) >= 11 is 0. The normalized spacial score (nSPS) is 9.74. The molecule has 0 atom stereocenters. The minimum absolute atomic E-state index is 0.0278. The van der Waals surface area contributed by atoms with Crippen molar-refractivity contribution in [3.05, 3.63) is 30.1 Å². The molecule has 0 fully saturated rings. The van der Waals surface area contributed by atoms with E-state index in [2.05, 4.69) is 9.72 Å². The minimum Gasteiger partial charge on any atom is -0.460 e. The first-order chi connectivity index (χ1) is 9.06. The number of hydrogen-bond acceptors (Lipinski definition) is 6. The molecule has 0 unspecified atom stereocenters. The zero-order chi connectivity index (χ0) is 14.3. The van der Waals surface area contributed by atoms with Crippen LogP contribution in [0.15, 0.2) is 24.4 Å². The number of hydrogen-bond donors (Lipinski definition) is 0. The second-order valence-corrected chi connectivity index (χ2v) is 3.62. The summed E-state index contributed by atoms with van der Waals surface area (Å²) in [6.45, 7) is 1.47. The van der Waals surface area contributed by atoms with Gasteiger partial charge in [0.1, 0.15) is 0 Å². The van der Waals surface area contributed by atoms with E-state index in [4.69, 9.17) is 0 Å². The summed E-state index contributed by atoms with van der Waals surface area (Å²) in [5, 5.41) is 0. The maximum absolute atomic E-state index is 11.5. The van der Waals surface area contributed by atoms with Crippen molar-refractivity contribution in [3.63, 3.8) is 0 Å². The SMILES string of the molecule is CCOC(=O)C(=O)C(=O)C(=O)CCc1ccccn1. The highest BCUT2D eigenvalue weighted by atomic mass is 16.5. The average molecular weight is 263 g/mol. The first kappa shape index (κ1) is 14.7. The maximum Gasteiger partial charge on any atom is 0.383 e. The van der Waals surface area contributed by atoms with Gasteiger partial charge < -0.3 is 4.74 Å². The van der Waals surface area contributed by atoms with Gasteiger partial charge in [-0.3, -0.25) is 19.4 Å². The van der Waals surface area contributed by atoms with Crippen molar-refractivity contribution in [2.45, 2.75) is 19.8 Å². The predicted molar refractivity (Wildman–Crippen MR) is 64.2 cm³/mol. The topological polar surface area (TPSA) is 90.4 Å². The van der Waals surface area contributed by atoms with Gasteiger partial charge in [0.25, 0.3) is 5.78 Å². The van der Waals surface area contributed by atoms with Crippen LogP contribution in [0.4, 0.5) is 0 Å². The molecule has 0 aromatic carbocycles. The Bertz CT molecular complexity index is 495. The molecule has 0 N–H and O–H groups in total. The van der Waals surface area contributed by atoms with Crippen LogP contribution in [0.2, 0.25) is 0 Å². The van der Waals surface area contributed by atoms with E-state index in [9.17, 15) is 19.2 Å². The van der Waals surface area contributed by atoms with Crippen LogP contribution >= 0.6 is 0 Å². The van der Waals surface area contributed by atoms with E-state index in [1.54, 1.807) is 24.4 Å². The molecule has 0 radical (unpaired) electrons. The lowest BCUT2D eigenvalue weighted by Gasteiger charge is -2.00. The Hall–Kier alpha value is -2.37. The fourth-order valence-corrected chi connectivity index (χ4v) is 1.32. The standard InChI is InChI=1S/C13H13NO5/c1-2-19-13(18)12(17)11(16)10(15)7-6-9-5-3-4-8-14-9/h3-5,8H,2,6-7H2,1H3. The Balaban J connectivity index is 2.52. The third kappa shape index (κ3) is 4.42. The van der Waals surface area contributed by atoms with E-state index >= 15 is 0 Å². The Labute approximate surface area is 109 Å². The lowest BCUT2D eigenvalue weighted by Crippen LogP contribution is -2.32. The first-order valence-corrected chi connectivity index (χ1v) is 5.74. The number of rotatable bonds is 7. The summed E-state index contributed by atoms with van der Waals surface area (Å²) in [4.78, 5) is 49.0. The lowest BCUT2D eigenvalue weighted by atomic mass is 10.1. The van der Waals surface area contributed by atoms with Gasteiger partial charge in [0.05, 0.1) is 6.61 Å². The Morgan fingerprint density at radius 3 is 2.47 bits per heavy atom. The van der Waals surface area contributed by atoms with Crippen LogP contribution in [0.5, 0.6) is 0 Å². The van der Waals surface area contributed by atoms with E-state index in [1.807, 2.05) is 0 Å². The zero-order valence-electron chi connectivity index (χ0n) is 10.4. The molecular formula is C13H13NO5. The third-order valence-electron chi connectivity index (χ3n) is 2.25. The van der Waals surface area contributed by atoms with Crippen LogP contribution in [0, 0.1) is 0 Å². The highest BCUT2D eigenvalue weighted by Gasteiger charge is 2.29. The second-order valence-electron chi connectivity index (χ2n) is 3.62. The molecule has 0 saturated heterocycles. The summed E-state index contributed by atoms with van der Waals surface area (Å²) in [7, 11) is 0. The second kappa shape index (κ2) is 7.15. The Kier molecular flexibility index (Phi) is 5.53. The Morgan fingerprint density at radius 2 is 1.89 bits per heavy atom. The molecule has 1 aromatic rings. The van der Waals surface area contributed by atoms with Crippen molar-refractivity contribution in [1.29, 1.82) is 0 Å². The first-order valence-electron chi connectivity index (χ1n) is 5.74. The van der Waals surface area contributed by atoms with Crippen molar-refractivity contribution in [2.75, 3.05) is 6.61 Å². The molecule has 1 rings (SSSR count). The number of ether oxygens (including phenoxy) is 1. The molecule has 0 aliphatic carbocycles. The molecule has 1 aromatic heterocycles. The maximum atomic E-state index is 11.5. The monoisotopic (exact) mass is 263 g/mol. The van der Waals surface area contributed by atoms with Gasteiger partial charge in [0, 0.05) is 18.3 Å². The number of carbonyl (C=O) groups is 4. The summed E-state index contributed by atoms with van der Waals surface area (Å²) in [6, 6.07) is 5.17. The van der Waals surface area contributed by atoms with Crippen LogP contribution in [-0.2, 0) is 30.3 Å². The van der Waals surface area contributed by atoms with E-state index < -0.39 is 23.3 Å². The third-order valence-corrected chi connectivity index (χ3v) is 2.25. The number of carbonyl (C=O) groups excluding carboxylic acids is 4. The van der Waals surface area contributed by atoms with E-state index in [0.717, 1.165) is 0 Å². The smallest absolute Gasteiger partial charge is 0.383 e. The van der Waals surface area contributed by atoms with Crippen LogP contribution in [0.3, 0.4) is 0 Å². The number of ketones is 3. The van der Waals surface area contributed by atoms with Gasteiger partial charge in [-0.1, -0.05) is 6.07 Å². The zero-order valence-corrected chi connectivity index (χ0v) is 10.4. The van der Waals surface area contributed by atoms with Crippen LogP contribution in [0.1, 0.15) is 19.0 Å². The largest absolute Gasteiger partial charge is 0.460 e. The molecule has 0 aliphatic rings. The molecule has 1 heterocycles. The van der Waals surface area contributed by atoms with Crippen molar-refractivity contribution >= 4 is 23.3 Å². The van der Waals surface area contributed by atoms with Crippen LogP contribution in [-0.4, -0.2) is 34.9 Å². The number of esters is 1. The van der Waals surface area contributed by atoms with Crippen LogP contribution in [0.25, 0.3) is 0 Å². The lowest BCUT2D eigenvalue weighted by molar-refractivity contribution is -0.158. The Morgan fingerprint density at radius 1 is 1.16 bits per heavy atom. The molecule has 0 saturated carbocycles. The van der Waals surface area contributed by atoms with Crippen LogP contribution < -0.4 is 0 Å². The van der Waals surface area contributed by atoms with E-state index in [1.165, 1.54) is 6.92 Å².